The van der Waals surface area contributed by atoms with Gasteiger partial charge in [-0.15, -0.1) is 0 Å². The normalized spacial score (nSPS) is 15.2. The molecule has 0 N–H and O–H groups in total. The topological polar surface area (TPSA) is 30.0 Å². The van der Waals surface area contributed by atoms with Crippen molar-refractivity contribution in [3.8, 4) is 0 Å². The van der Waals surface area contributed by atoms with Gasteiger partial charge in [0.05, 0.1) is 5.69 Å². The quantitative estimate of drug-likeness (QED) is 0.557. The first kappa shape index (κ1) is 6.53. The van der Waals surface area contributed by atoms with Crippen LogP contribution in [0.2, 0.25) is 0 Å². The minimum Gasteiger partial charge on any atom is -0.294 e. The van der Waals surface area contributed by atoms with Gasteiger partial charge in [-0.1, -0.05) is 0 Å². The Kier molecular flexibility index (Phi) is 1.28. The summed E-state index contributed by atoms with van der Waals surface area (Å²) in [5.74, 6) is 0.246. The number of fused-ring (bicyclic) bond motifs is 1. The average molecular weight is 147 g/mol. The van der Waals surface area contributed by atoms with Gasteiger partial charge in [0.15, 0.2) is 5.78 Å². The molecule has 2 heteroatoms. The number of pyridine rings is 1. The van der Waals surface area contributed by atoms with Gasteiger partial charge in [0, 0.05) is 18.2 Å². The molecule has 1 aliphatic carbocycles. The summed E-state index contributed by atoms with van der Waals surface area (Å²) in [7, 11) is 0. The Balaban J connectivity index is 2.60. The van der Waals surface area contributed by atoms with Gasteiger partial charge in [-0.2, -0.15) is 0 Å². The van der Waals surface area contributed by atoms with Gasteiger partial charge in [0.1, 0.15) is 0 Å². The first-order chi connectivity index (χ1) is 5.27. The number of aromatic nitrogens is 1. The number of nitrogens with zero attached hydrogens (tertiary/aromatic N) is 1. The molecule has 0 unspecified atom stereocenters. The highest BCUT2D eigenvalue weighted by molar-refractivity contribution is 5.99. The lowest BCUT2D eigenvalue weighted by molar-refractivity contribution is 0.0994. The molecule has 1 aliphatic rings. The molecule has 56 valence electrons. The lowest BCUT2D eigenvalue weighted by Gasteiger charge is -1.96. The molecule has 0 spiro atoms. The number of hydrogen-bond acceptors (Lipinski definition) is 2. The van der Waals surface area contributed by atoms with E-state index in [0.717, 1.165) is 23.2 Å². The molecule has 0 aromatic carbocycles. The van der Waals surface area contributed by atoms with Crippen LogP contribution in [0.3, 0.4) is 0 Å². The van der Waals surface area contributed by atoms with Crippen LogP contribution in [0, 0.1) is 6.92 Å². The van der Waals surface area contributed by atoms with E-state index in [9.17, 15) is 4.79 Å². The van der Waals surface area contributed by atoms with E-state index < -0.39 is 0 Å². The first-order valence-electron chi connectivity index (χ1n) is 3.76. The van der Waals surface area contributed by atoms with E-state index >= 15 is 0 Å². The Morgan fingerprint density at radius 3 is 3.09 bits per heavy atom. The molecule has 0 aliphatic heterocycles. The van der Waals surface area contributed by atoms with E-state index in [1.807, 2.05) is 19.2 Å². The zero-order valence-electron chi connectivity index (χ0n) is 6.42. The van der Waals surface area contributed by atoms with E-state index in [1.54, 1.807) is 0 Å². The fraction of sp³-hybridized carbons (Fsp3) is 0.333. The number of ketones is 1. The van der Waals surface area contributed by atoms with Gasteiger partial charge >= 0.3 is 0 Å². The summed E-state index contributed by atoms with van der Waals surface area (Å²) < 4.78 is 0. The smallest absolute Gasteiger partial charge is 0.165 e. The van der Waals surface area contributed by atoms with Gasteiger partial charge in [-0.25, -0.2) is 0 Å². The Labute approximate surface area is 65.3 Å². The number of aryl methyl sites for hydroxylation is 2. The Hall–Kier alpha value is -1.18. The van der Waals surface area contributed by atoms with Crippen molar-refractivity contribution in [2.24, 2.45) is 0 Å². The van der Waals surface area contributed by atoms with Gasteiger partial charge in [0.25, 0.3) is 0 Å². The molecule has 2 nitrogen and oxygen atoms in total. The summed E-state index contributed by atoms with van der Waals surface area (Å²) in [6.45, 7) is 1.96. The minimum absolute atomic E-state index is 0.246. The summed E-state index contributed by atoms with van der Waals surface area (Å²) in [5, 5.41) is 0. The fourth-order valence-corrected chi connectivity index (χ4v) is 1.40. The number of carbonyl (C=O) groups is 1. The Bertz CT molecular complexity index is 317. The van der Waals surface area contributed by atoms with E-state index in [-0.39, 0.29) is 5.78 Å². The van der Waals surface area contributed by atoms with Gasteiger partial charge in [0.2, 0.25) is 0 Å². The molecule has 1 aromatic heterocycles. The maximum atomic E-state index is 11.2. The second-order valence-corrected chi connectivity index (χ2v) is 2.93. The van der Waals surface area contributed by atoms with Crippen LogP contribution >= 0.6 is 0 Å². The summed E-state index contributed by atoms with van der Waals surface area (Å²) in [5.41, 5.74) is 2.88. The third-order valence-corrected chi connectivity index (χ3v) is 2.00. The van der Waals surface area contributed by atoms with Crippen LogP contribution in [-0.4, -0.2) is 10.8 Å². The van der Waals surface area contributed by atoms with E-state index in [0.29, 0.717) is 6.42 Å². The minimum atomic E-state index is 0.246. The van der Waals surface area contributed by atoms with Crippen molar-refractivity contribution in [2.45, 2.75) is 19.8 Å². The highest BCUT2D eigenvalue weighted by Crippen LogP contribution is 2.19. The Morgan fingerprint density at radius 1 is 1.45 bits per heavy atom. The summed E-state index contributed by atoms with van der Waals surface area (Å²) in [6.07, 6.45) is 3.29. The number of rotatable bonds is 0. The molecule has 0 saturated carbocycles. The second kappa shape index (κ2) is 2.16. The van der Waals surface area contributed by atoms with Crippen LogP contribution in [0.4, 0.5) is 0 Å². The molecule has 1 aromatic rings. The molecule has 11 heavy (non-hydrogen) atoms. The molecule has 0 atom stereocenters. The third kappa shape index (κ3) is 0.946. The van der Waals surface area contributed by atoms with Crippen LogP contribution in [-0.2, 0) is 6.42 Å². The van der Waals surface area contributed by atoms with Crippen LogP contribution in [0.1, 0.15) is 28.0 Å². The van der Waals surface area contributed by atoms with Crippen molar-refractivity contribution in [3.05, 3.63) is 29.1 Å². The summed E-state index contributed by atoms with van der Waals surface area (Å²) in [4.78, 5) is 15.4. The van der Waals surface area contributed by atoms with E-state index in [4.69, 9.17) is 0 Å². The molecule has 0 saturated heterocycles. The van der Waals surface area contributed by atoms with Crippen molar-refractivity contribution in [1.29, 1.82) is 0 Å². The van der Waals surface area contributed by atoms with Crippen molar-refractivity contribution in [3.63, 3.8) is 0 Å². The number of Topliss-reactive ketones (excluding diaryl/α,β-unsaturated/α-hetero) is 1. The Morgan fingerprint density at radius 2 is 2.27 bits per heavy atom. The highest BCUT2D eigenvalue weighted by Gasteiger charge is 2.19. The largest absolute Gasteiger partial charge is 0.294 e. The van der Waals surface area contributed by atoms with Crippen LogP contribution < -0.4 is 0 Å². The third-order valence-electron chi connectivity index (χ3n) is 2.00. The zero-order valence-corrected chi connectivity index (χ0v) is 6.42. The van der Waals surface area contributed by atoms with Gasteiger partial charge < -0.3 is 0 Å². The van der Waals surface area contributed by atoms with Crippen LogP contribution in [0.15, 0.2) is 12.3 Å². The monoisotopic (exact) mass is 147 g/mol. The van der Waals surface area contributed by atoms with E-state index in [1.165, 1.54) is 0 Å². The molecule has 1 heterocycles. The fourth-order valence-electron chi connectivity index (χ4n) is 1.40. The first-order valence-corrected chi connectivity index (χ1v) is 3.76. The second-order valence-electron chi connectivity index (χ2n) is 2.93. The van der Waals surface area contributed by atoms with Crippen molar-refractivity contribution in [2.75, 3.05) is 0 Å². The summed E-state index contributed by atoms with van der Waals surface area (Å²) >= 11 is 0. The van der Waals surface area contributed by atoms with E-state index in [2.05, 4.69) is 4.98 Å². The standard InChI is InChI=1S/C9H9NO/c1-6-4-7-8(10-5-6)2-3-9(7)11/h4-5H,2-3H2,1H3. The molecular formula is C9H9NO. The molecule has 0 fully saturated rings. The molecule has 2 rings (SSSR count). The molecular weight excluding hydrogens is 138 g/mol. The average Bonchev–Trinajstić information content (AvgIpc) is 2.33. The van der Waals surface area contributed by atoms with Crippen molar-refractivity contribution >= 4 is 5.78 Å². The SMILES string of the molecule is Cc1cnc2c(c1)C(=O)CC2. The maximum absolute atomic E-state index is 11.2. The van der Waals surface area contributed by atoms with Gasteiger partial charge in [-0.05, 0) is 25.0 Å². The number of carbonyl (C=O) groups excluding carboxylic acids is 1. The predicted octanol–water partition coefficient (Wildman–Crippen LogP) is 1.52. The van der Waals surface area contributed by atoms with Crippen LogP contribution in [0.5, 0.6) is 0 Å². The van der Waals surface area contributed by atoms with Gasteiger partial charge in [-0.3, -0.25) is 9.78 Å². The van der Waals surface area contributed by atoms with Crippen molar-refractivity contribution < 1.29 is 4.79 Å². The number of hydrogen-bond donors (Lipinski definition) is 0. The van der Waals surface area contributed by atoms with Crippen LogP contribution in [0.25, 0.3) is 0 Å². The molecule has 0 radical (unpaired) electrons. The predicted molar refractivity (Wildman–Crippen MR) is 41.6 cm³/mol. The maximum Gasteiger partial charge on any atom is 0.165 e. The highest BCUT2D eigenvalue weighted by atomic mass is 16.1. The summed E-state index contributed by atoms with van der Waals surface area (Å²) in [6, 6.07) is 1.93. The molecule has 0 amide bonds. The zero-order chi connectivity index (χ0) is 7.84. The molecule has 0 bridgehead atoms. The lowest BCUT2D eigenvalue weighted by atomic mass is 10.2. The van der Waals surface area contributed by atoms with Crippen molar-refractivity contribution in [1.82, 2.24) is 4.98 Å². The lowest BCUT2D eigenvalue weighted by Crippen LogP contribution is -1.93.